The van der Waals surface area contributed by atoms with Gasteiger partial charge in [-0.15, -0.1) is 0 Å². The summed E-state index contributed by atoms with van der Waals surface area (Å²) >= 11 is 0. The van der Waals surface area contributed by atoms with Crippen LogP contribution >= 0.6 is 0 Å². The van der Waals surface area contributed by atoms with Gasteiger partial charge in [-0.05, 0) is 17.7 Å². The Hall–Kier alpha value is -2.24. The zero-order valence-corrected chi connectivity index (χ0v) is 9.64. The molecule has 0 aromatic heterocycles. The predicted octanol–water partition coefficient (Wildman–Crippen LogP) is -0.104. The van der Waals surface area contributed by atoms with Gasteiger partial charge in [-0.3, -0.25) is 4.79 Å². The van der Waals surface area contributed by atoms with Gasteiger partial charge in [0.2, 0.25) is 5.91 Å². The van der Waals surface area contributed by atoms with Crippen molar-refractivity contribution in [3.63, 3.8) is 0 Å². The van der Waals surface area contributed by atoms with Crippen LogP contribution < -0.4 is 16.8 Å². The van der Waals surface area contributed by atoms with E-state index in [1.54, 1.807) is 18.2 Å². The fourth-order valence-corrected chi connectivity index (χ4v) is 1.46. The number of nitrogen functional groups attached to an aromatic ring is 1. The van der Waals surface area contributed by atoms with Gasteiger partial charge in [0.25, 0.3) is 0 Å². The van der Waals surface area contributed by atoms with Crippen LogP contribution in [0.4, 0.5) is 10.5 Å². The fourth-order valence-electron chi connectivity index (χ4n) is 1.46. The monoisotopic (exact) mass is 236 g/mol. The normalized spacial score (nSPS) is 9.71. The van der Waals surface area contributed by atoms with Crippen molar-refractivity contribution in [3.05, 3.63) is 29.8 Å². The van der Waals surface area contributed by atoms with Gasteiger partial charge >= 0.3 is 6.03 Å². The van der Waals surface area contributed by atoms with Crippen molar-refractivity contribution in [2.45, 2.75) is 6.54 Å². The minimum absolute atomic E-state index is 0.130. The molecule has 0 bridgehead atoms. The van der Waals surface area contributed by atoms with Gasteiger partial charge in [-0.25, -0.2) is 4.79 Å². The molecular formula is C11H16N4O2. The van der Waals surface area contributed by atoms with Gasteiger partial charge in [0, 0.05) is 19.3 Å². The Morgan fingerprint density at radius 2 is 2.12 bits per heavy atom. The van der Waals surface area contributed by atoms with Gasteiger partial charge in [-0.1, -0.05) is 12.1 Å². The molecule has 0 aliphatic carbocycles. The van der Waals surface area contributed by atoms with Crippen LogP contribution in [-0.4, -0.2) is 30.4 Å². The molecule has 0 aliphatic rings. The molecular weight excluding hydrogens is 220 g/mol. The molecule has 92 valence electrons. The third kappa shape index (κ3) is 4.02. The highest BCUT2D eigenvalue weighted by molar-refractivity contribution is 5.82. The number of carbonyl (C=O) groups excluding carboxylic acids is 2. The average molecular weight is 236 g/mol. The van der Waals surface area contributed by atoms with E-state index < -0.39 is 5.91 Å². The number of anilines is 1. The van der Waals surface area contributed by atoms with Crippen molar-refractivity contribution in [2.24, 2.45) is 5.73 Å². The fraction of sp³-hybridized carbons (Fsp3) is 0.273. The number of nitrogens with two attached hydrogens (primary N) is 2. The highest BCUT2D eigenvalue weighted by Crippen LogP contribution is 2.09. The second-order valence-electron chi connectivity index (χ2n) is 3.62. The molecule has 1 aromatic rings. The molecule has 0 saturated heterocycles. The van der Waals surface area contributed by atoms with E-state index in [2.05, 4.69) is 5.32 Å². The lowest BCUT2D eigenvalue weighted by Crippen LogP contribution is -2.42. The first-order valence-corrected chi connectivity index (χ1v) is 5.12. The van der Waals surface area contributed by atoms with E-state index in [-0.39, 0.29) is 19.1 Å². The number of carbonyl (C=O) groups is 2. The summed E-state index contributed by atoms with van der Waals surface area (Å²) in [6, 6.07) is 6.76. The molecule has 0 radical (unpaired) electrons. The zero-order valence-electron chi connectivity index (χ0n) is 9.64. The van der Waals surface area contributed by atoms with Crippen LogP contribution in [-0.2, 0) is 11.3 Å². The van der Waals surface area contributed by atoms with E-state index in [9.17, 15) is 9.59 Å². The van der Waals surface area contributed by atoms with Crippen LogP contribution in [0.15, 0.2) is 24.3 Å². The van der Waals surface area contributed by atoms with Crippen LogP contribution in [0.5, 0.6) is 0 Å². The molecule has 6 heteroatoms. The van der Waals surface area contributed by atoms with Gasteiger partial charge in [0.15, 0.2) is 0 Å². The summed E-state index contributed by atoms with van der Waals surface area (Å²) in [4.78, 5) is 23.7. The van der Waals surface area contributed by atoms with Gasteiger partial charge in [0.1, 0.15) is 6.54 Å². The first kappa shape index (κ1) is 12.8. The number of urea groups is 1. The lowest BCUT2D eigenvalue weighted by atomic mass is 10.2. The van der Waals surface area contributed by atoms with Gasteiger partial charge in [-0.2, -0.15) is 0 Å². The third-order valence-corrected chi connectivity index (χ3v) is 2.17. The molecule has 0 atom stereocenters. The quantitative estimate of drug-likeness (QED) is 0.636. The molecule has 0 fully saturated rings. The number of rotatable bonds is 4. The Morgan fingerprint density at radius 3 is 2.65 bits per heavy atom. The maximum absolute atomic E-state index is 11.5. The van der Waals surface area contributed by atoms with E-state index >= 15 is 0 Å². The van der Waals surface area contributed by atoms with Crippen molar-refractivity contribution in [3.8, 4) is 0 Å². The zero-order chi connectivity index (χ0) is 12.8. The van der Waals surface area contributed by atoms with E-state index in [0.717, 1.165) is 5.56 Å². The summed E-state index contributed by atoms with van der Waals surface area (Å²) in [5.41, 5.74) is 12.2. The maximum atomic E-state index is 11.5. The van der Waals surface area contributed by atoms with E-state index in [4.69, 9.17) is 11.5 Å². The van der Waals surface area contributed by atoms with E-state index in [1.807, 2.05) is 6.07 Å². The van der Waals surface area contributed by atoms with Crippen LogP contribution in [0.1, 0.15) is 5.56 Å². The van der Waals surface area contributed by atoms with Crippen LogP contribution in [0.25, 0.3) is 0 Å². The predicted molar refractivity (Wildman–Crippen MR) is 64.9 cm³/mol. The molecule has 5 N–H and O–H groups in total. The van der Waals surface area contributed by atoms with Crippen LogP contribution in [0, 0.1) is 0 Å². The van der Waals surface area contributed by atoms with E-state index in [1.165, 1.54) is 11.9 Å². The summed E-state index contributed by atoms with van der Waals surface area (Å²) in [5, 5.41) is 2.45. The van der Waals surface area contributed by atoms with E-state index in [0.29, 0.717) is 5.69 Å². The Kier molecular flexibility index (Phi) is 4.33. The number of nitrogens with zero attached hydrogens (tertiary/aromatic N) is 1. The standard InChI is InChI=1S/C11H16N4O2/c1-14-11(17)15(7-10(13)16)6-8-3-2-4-9(12)5-8/h2-5H,6-7,12H2,1H3,(H2,13,16)(H,14,17). The van der Waals surface area contributed by atoms with Gasteiger partial charge < -0.3 is 21.7 Å². The number of nitrogens with one attached hydrogen (secondary N) is 1. The number of amides is 3. The van der Waals surface area contributed by atoms with Gasteiger partial charge in [0.05, 0.1) is 0 Å². The Labute approximate surface area is 99.6 Å². The molecule has 0 unspecified atom stereocenters. The second kappa shape index (κ2) is 5.74. The molecule has 3 amide bonds. The molecule has 0 saturated carbocycles. The summed E-state index contributed by atoms with van der Waals surface area (Å²) in [6.45, 7) is 0.155. The SMILES string of the molecule is CNC(=O)N(CC(N)=O)Cc1cccc(N)c1. The molecule has 0 spiro atoms. The molecule has 6 nitrogen and oxygen atoms in total. The number of hydrogen-bond donors (Lipinski definition) is 3. The van der Waals surface area contributed by atoms with Crippen molar-refractivity contribution in [1.82, 2.24) is 10.2 Å². The first-order chi connectivity index (χ1) is 8.02. The average Bonchev–Trinajstić information content (AvgIpc) is 2.26. The van der Waals surface area contributed by atoms with Crippen molar-refractivity contribution < 1.29 is 9.59 Å². The number of primary amides is 1. The van der Waals surface area contributed by atoms with Crippen molar-refractivity contribution >= 4 is 17.6 Å². The second-order valence-corrected chi connectivity index (χ2v) is 3.62. The maximum Gasteiger partial charge on any atom is 0.317 e. The summed E-state index contributed by atoms with van der Waals surface area (Å²) in [7, 11) is 1.50. The van der Waals surface area contributed by atoms with Crippen LogP contribution in [0.3, 0.4) is 0 Å². The lowest BCUT2D eigenvalue weighted by molar-refractivity contribution is -0.118. The number of benzene rings is 1. The smallest absolute Gasteiger partial charge is 0.317 e. The van der Waals surface area contributed by atoms with Crippen molar-refractivity contribution in [2.75, 3.05) is 19.3 Å². The van der Waals surface area contributed by atoms with Crippen LogP contribution in [0.2, 0.25) is 0 Å². The van der Waals surface area contributed by atoms with Crippen molar-refractivity contribution in [1.29, 1.82) is 0 Å². The Balaban J connectivity index is 2.78. The molecule has 0 heterocycles. The Bertz CT molecular complexity index is 420. The summed E-state index contributed by atoms with van der Waals surface area (Å²) in [5.74, 6) is -0.558. The number of hydrogen-bond acceptors (Lipinski definition) is 3. The molecule has 1 aromatic carbocycles. The molecule has 17 heavy (non-hydrogen) atoms. The largest absolute Gasteiger partial charge is 0.399 e. The molecule has 1 rings (SSSR count). The topological polar surface area (TPSA) is 101 Å². The minimum Gasteiger partial charge on any atom is -0.399 e. The summed E-state index contributed by atoms with van der Waals surface area (Å²) < 4.78 is 0. The first-order valence-electron chi connectivity index (χ1n) is 5.12. The highest BCUT2D eigenvalue weighted by atomic mass is 16.2. The Morgan fingerprint density at radius 1 is 1.41 bits per heavy atom. The molecule has 0 aliphatic heterocycles. The minimum atomic E-state index is -0.558. The third-order valence-electron chi connectivity index (χ3n) is 2.17. The lowest BCUT2D eigenvalue weighted by Gasteiger charge is -2.20. The summed E-state index contributed by atoms with van der Waals surface area (Å²) in [6.07, 6.45) is 0. The highest BCUT2D eigenvalue weighted by Gasteiger charge is 2.14.